The van der Waals surface area contributed by atoms with Crippen LogP contribution < -0.4 is 10.5 Å². The van der Waals surface area contributed by atoms with Crippen molar-refractivity contribution in [2.45, 2.75) is 50.0 Å². The first-order valence-electron chi connectivity index (χ1n) is 10.6. The predicted molar refractivity (Wildman–Crippen MR) is 127 cm³/mol. The molecule has 2 aromatic carbocycles. The minimum atomic E-state index is -0.105. The number of hydrogen-bond acceptors (Lipinski definition) is 6. The molecule has 0 bridgehead atoms. The van der Waals surface area contributed by atoms with Crippen molar-refractivity contribution in [2.75, 3.05) is 18.5 Å². The quantitative estimate of drug-likeness (QED) is 0.509. The van der Waals surface area contributed by atoms with Crippen molar-refractivity contribution >= 4 is 28.5 Å². The van der Waals surface area contributed by atoms with Gasteiger partial charge in [0.15, 0.2) is 0 Å². The molecule has 0 spiro atoms. The summed E-state index contributed by atoms with van der Waals surface area (Å²) in [5.74, 6) is 0. The molecule has 160 valence electrons. The molecule has 0 radical (unpaired) electrons. The minimum absolute atomic E-state index is 0.0424. The predicted octanol–water partition coefficient (Wildman–Crippen LogP) is 5.62. The number of hydrogen-bond donors (Lipinski definition) is 2. The topological polar surface area (TPSA) is 84.0 Å². The van der Waals surface area contributed by atoms with Gasteiger partial charge in [0.05, 0.1) is 5.52 Å². The number of nitrogens with two attached hydrogens (primary N) is 1. The van der Waals surface area contributed by atoms with Gasteiger partial charge in [0.25, 0.3) is 0 Å². The first kappa shape index (κ1) is 21.6. The zero-order valence-corrected chi connectivity index (χ0v) is 19.1. The van der Waals surface area contributed by atoms with E-state index < -0.39 is 0 Å². The van der Waals surface area contributed by atoms with Gasteiger partial charge in [-0.15, -0.1) is 0 Å². The Balaban J connectivity index is 1.83. The minimum Gasteiger partial charge on any atom is -0.381 e. The van der Waals surface area contributed by atoms with Crippen LogP contribution in [0.25, 0.3) is 10.9 Å². The molecule has 1 unspecified atom stereocenters. The number of para-hydroxylation sites is 1. The van der Waals surface area contributed by atoms with Gasteiger partial charge in [-0.25, -0.2) is 4.98 Å². The highest BCUT2D eigenvalue weighted by molar-refractivity contribution is 7.97. The van der Waals surface area contributed by atoms with Crippen molar-refractivity contribution in [3.05, 3.63) is 64.8 Å². The van der Waals surface area contributed by atoms with Crippen LogP contribution in [0.1, 0.15) is 55.1 Å². The molecule has 3 aromatic rings. The first-order chi connectivity index (χ1) is 14.9. The van der Waals surface area contributed by atoms with E-state index in [-0.39, 0.29) is 11.5 Å². The van der Waals surface area contributed by atoms with E-state index in [0.717, 1.165) is 45.5 Å². The van der Waals surface area contributed by atoms with Gasteiger partial charge in [0, 0.05) is 35.2 Å². The summed E-state index contributed by atoms with van der Waals surface area (Å²) in [7, 11) is 0. The van der Waals surface area contributed by atoms with Crippen molar-refractivity contribution in [1.29, 1.82) is 5.26 Å². The molecule has 2 heterocycles. The maximum atomic E-state index is 9.85. The molecule has 6 heteroatoms. The number of fused-ring (bicyclic) bond motifs is 1. The Morgan fingerprint density at radius 3 is 2.68 bits per heavy atom. The first-order valence-corrected chi connectivity index (χ1v) is 11.5. The van der Waals surface area contributed by atoms with E-state index in [2.05, 4.69) is 50.4 Å². The highest BCUT2D eigenvalue weighted by Crippen LogP contribution is 2.39. The van der Waals surface area contributed by atoms with E-state index >= 15 is 0 Å². The third-order valence-corrected chi connectivity index (χ3v) is 6.93. The van der Waals surface area contributed by atoms with Crippen LogP contribution in [0.2, 0.25) is 0 Å². The molecule has 3 N–H and O–H groups in total. The largest absolute Gasteiger partial charge is 0.381 e. The number of nitrogens with one attached hydrogen (secondary N) is 1. The van der Waals surface area contributed by atoms with Crippen molar-refractivity contribution < 1.29 is 4.74 Å². The number of pyridine rings is 1. The molecule has 0 aliphatic carbocycles. The molecule has 1 fully saturated rings. The lowest BCUT2D eigenvalue weighted by molar-refractivity contribution is 0.0563. The van der Waals surface area contributed by atoms with Crippen LogP contribution in [0, 0.1) is 18.3 Å². The fraction of sp³-hybridized carbons (Fsp3) is 0.360. The number of rotatable bonds is 5. The highest BCUT2D eigenvalue weighted by atomic mass is 32.2. The number of anilines is 1. The Labute approximate surface area is 188 Å². The van der Waals surface area contributed by atoms with Crippen LogP contribution in [0.15, 0.2) is 47.4 Å². The number of benzene rings is 2. The molecule has 4 rings (SSSR count). The fourth-order valence-corrected chi connectivity index (χ4v) is 4.85. The van der Waals surface area contributed by atoms with Gasteiger partial charge in [0.2, 0.25) is 0 Å². The van der Waals surface area contributed by atoms with Crippen LogP contribution >= 0.6 is 11.9 Å². The third kappa shape index (κ3) is 4.27. The summed E-state index contributed by atoms with van der Waals surface area (Å²) in [6.07, 6.45) is 1.79. The average molecular weight is 433 g/mol. The monoisotopic (exact) mass is 432 g/mol. The van der Waals surface area contributed by atoms with Crippen molar-refractivity contribution in [1.82, 2.24) is 4.98 Å². The molecule has 0 amide bonds. The average Bonchev–Trinajstić information content (AvgIpc) is 2.78. The van der Waals surface area contributed by atoms with E-state index in [9.17, 15) is 5.26 Å². The SMILES string of the molecule is Cc1cc(C(C)Nc2ccccc2SN)c2cc(C3(C)CCOCC3)c(C#N)nc2c1. The van der Waals surface area contributed by atoms with E-state index in [1.54, 1.807) is 0 Å². The maximum Gasteiger partial charge on any atom is 0.144 e. The summed E-state index contributed by atoms with van der Waals surface area (Å²) in [5.41, 5.74) is 5.61. The van der Waals surface area contributed by atoms with Crippen molar-refractivity contribution in [3.63, 3.8) is 0 Å². The molecule has 1 aromatic heterocycles. The molecule has 31 heavy (non-hydrogen) atoms. The summed E-state index contributed by atoms with van der Waals surface area (Å²) in [6.45, 7) is 7.88. The molecule has 1 aliphatic heterocycles. The van der Waals surface area contributed by atoms with Gasteiger partial charge in [-0.05, 0) is 85.0 Å². The van der Waals surface area contributed by atoms with Gasteiger partial charge in [-0.3, -0.25) is 5.14 Å². The van der Waals surface area contributed by atoms with Crippen LogP contribution in [-0.2, 0) is 10.2 Å². The molecule has 0 saturated carbocycles. The lowest BCUT2D eigenvalue weighted by Crippen LogP contribution is -2.31. The fourth-order valence-electron chi connectivity index (χ4n) is 4.44. The molecule has 1 saturated heterocycles. The number of nitriles is 1. The molecular weight excluding hydrogens is 404 g/mol. The molecule has 1 atom stereocenters. The maximum absolute atomic E-state index is 9.85. The normalized spacial score (nSPS) is 16.6. The number of aryl methyl sites for hydroxylation is 1. The highest BCUT2D eigenvalue weighted by Gasteiger charge is 2.33. The van der Waals surface area contributed by atoms with E-state index in [4.69, 9.17) is 14.9 Å². The van der Waals surface area contributed by atoms with E-state index in [1.807, 2.05) is 24.3 Å². The lowest BCUT2D eigenvalue weighted by Gasteiger charge is -2.34. The Kier molecular flexibility index (Phi) is 6.19. The lowest BCUT2D eigenvalue weighted by atomic mass is 9.75. The summed E-state index contributed by atoms with van der Waals surface area (Å²) in [6, 6.07) is 16.9. The molecule has 5 nitrogen and oxygen atoms in total. The second kappa shape index (κ2) is 8.88. The second-order valence-electron chi connectivity index (χ2n) is 8.57. The standard InChI is InChI=1S/C25H28N4OS/c1-16-12-18(17(2)28-21-6-4-5-7-24(21)31-27)19-14-20(23(15-26)29-22(19)13-16)25(3)8-10-30-11-9-25/h4-7,12-14,17,28H,8-11,27H2,1-3H3. The smallest absolute Gasteiger partial charge is 0.144 e. The summed E-state index contributed by atoms with van der Waals surface area (Å²) >= 11 is 1.24. The van der Waals surface area contributed by atoms with Crippen LogP contribution in [0.3, 0.4) is 0 Å². The zero-order valence-electron chi connectivity index (χ0n) is 18.2. The van der Waals surface area contributed by atoms with Crippen LogP contribution in [0.4, 0.5) is 5.69 Å². The second-order valence-corrected chi connectivity index (χ2v) is 9.25. The Hall–Kier alpha value is -2.59. The van der Waals surface area contributed by atoms with E-state index in [1.165, 1.54) is 17.5 Å². The third-order valence-electron chi connectivity index (χ3n) is 6.32. The Morgan fingerprint density at radius 2 is 1.97 bits per heavy atom. The summed E-state index contributed by atoms with van der Waals surface area (Å²) in [4.78, 5) is 5.81. The number of ether oxygens (including phenoxy) is 1. The Morgan fingerprint density at radius 1 is 1.23 bits per heavy atom. The van der Waals surface area contributed by atoms with E-state index in [0.29, 0.717) is 18.9 Å². The zero-order chi connectivity index (χ0) is 22.0. The van der Waals surface area contributed by atoms with Gasteiger partial charge >= 0.3 is 0 Å². The summed E-state index contributed by atoms with van der Waals surface area (Å²) in [5, 5.41) is 20.4. The molecular formula is C25H28N4OS. The van der Waals surface area contributed by atoms with Gasteiger partial charge < -0.3 is 10.1 Å². The van der Waals surface area contributed by atoms with Crippen LogP contribution in [0.5, 0.6) is 0 Å². The number of nitrogens with zero attached hydrogens (tertiary/aromatic N) is 2. The Bertz CT molecular complexity index is 1150. The van der Waals surface area contributed by atoms with Crippen LogP contribution in [-0.4, -0.2) is 18.2 Å². The van der Waals surface area contributed by atoms with Gasteiger partial charge in [0.1, 0.15) is 11.8 Å². The van der Waals surface area contributed by atoms with Gasteiger partial charge in [-0.2, -0.15) is 5.26 Å². The van der Waals surface area contributed by atoms with Gasteiger partial charge in [-0.1, -0.05) is 25.1 Å². The molecule has 1 aliphatic rings. The van der Waals surface area contributed by atoms with Crippen molar-refractivity contribution in [3.8, 4) is 6.07 Å². The number of aromatic nitrogens is 1. The van der Waals surface area contributed by atoms with Crippen molar-refractivity contribution in [2.24, 2.45) is 5.14 Å². The summed E-state index contributed by atoms with van der Waals surface area (Å²) < 4.78 is 5.59.